The van der Waals surface area contributed by atoms with Crippen molar-refractivity contribution in [3.05, 3.63) is 0 Å². The van der Waals surface area contributed by atoms with Gasteiger partial charge in [-0.1, -0.05) is 0 Å². The monoisotopic (exact) mass is 234 g/mol. The van der Waals surface area contributed by atoms with Gasteiger partial charge < -0.3 is 15.4 Å². The van der Waals surface area contributed by atoms with Crippen LogP contribution in [0, 0.1) is 0 Å². The van der Waals surface area contributed by atoms with Crippen LogP contribution in [0.25, 0.3) is 0 Å². The third kappa shape index (κ3) is 3.11. The van der Waals surface area contributed by atoms with E-state index in [-0.39, 0.29) is 19.0 Å². The standard InChI is InChI=1S/C9H19FN4O2/c1-16-8-2-3-14(5-6(8)10)9(15)7(11)4-13-12/h6-8,13H,2-5,11-12H2,1H3/t6-,7?,8+/m1/s1. The molecule has 0 aromatic heterocycles. The lowest BCUT2D eigenvalue weighted by atomic mass is 10.0. The molecular formula is C9H19FN4O2. The lowest BCUT2D eigenvalue weighted by Gasteiger charge is -2.35. The van der Waals surface area contributed by atoms with Crippen LogP contribution in [-0.2, 0) is 9.53 Å². The van der Waals surface area contributed by atoms with Crippen LogP contribution in [0.4, 0.5) is 4.39 Å². The maximum atomic E-state index is 13.5. The van der Waals surface area contributed by atoms with E-state index in [2.05, 4.69) is 5.43 Å². The molecule has 0 saturated carbocycles. The highest BCUT2D eigenvalue weighted by molar-refractivity contribution is 5.82. The van der Waals surface area contributed by atoms with E-state index in [4.69, 9.17) is 16.3 Å². The molecule has 7 heteroatoms. The van der Waals surface area contributed by atoms with Crippen LogP contribution in [0.1, 0.15) is 6.42 Å². The zero-order chi connectivity index (χ0) is 12.1. The minimum Gasteiger partial charge on any atom is -0.378 e. The van der Waals surface area contributed by atoms with Crippen molar-refractivity contribution >= 4 is 5.91 Å². The van der Waals surface area contributed by atoms with Crippen molar-refractivity contribution in [3.8, 4) is 0 Å². The molecule has 0 spiro atoms. The lowest BCUT2D eigenvalue weighted by molar-refractivity contribution is -0.137. The van der Waals surface area contributed by atoms with Gasteiger partial charge in [0.05, 0.1) is 18.7 Å². The summed E-state index contributed by atoms with van der Waals surface area (Å²) in [7, 11) is 1.47. The largest absolute Gasteiger partial charge is 0.378 e. The number of nitrogens with zero attached hydrogens (tertiary/aromatic N) is 1. The average Bonchev–Trinajstić information content (AvgIpc) is 2.28. The molecule has 1 fully saturated rings. The maximum absolute atomic E-state index is 13.5. The van der Waals surface area contributed by atoms with Crippen LogP contribution < -0.4 is 17.0 Å². The Bertz CT molecular complexity index is 242. The van der Waals surface area contributed by atoms with Gasteiger partial charge in [-0.25, -0.2) is 4.39 Å². The van der Waals surface area contributed by atoms with Gasteiger partial charge in [-0.05, 0) is 6.42 Å². The fourth-order valence-electron chi connectivity index (χ4n) is 1.80. The van der Waals surface area contributed by atoms with E-state index in [0.717, 1.165) is 0 Å². The Labute approximate surface area is 94.1 Å². The molecule has 5 N–H and O–H groups in total. The van der Waals surface area contributed by atoms with E-state index in [1.54, 1.807) is 0 Å². The maximum Gasteiger partial charge on any atom is 0.240 e. The molecule has 0 aromatic rings. The van der Waals surface area contributed by atoms with E-state index in [1.807, 2.05) is 0 Å². The van der Waals surface area contributed by atoms with Crippen molar-refractivity contribution in [1.29, 1.82) is 0 Å². The van der Waals surface area contributed by atoms with Crippen LogP contribution in [0.5, 0.6) is 0 Å². The highest BCUT2D eigenvalue weighted by Crippen LogP contribution is 2.17. The fraction of sp³-hybridized carbons (Fsp3) is 0.889. The second-order valence-electron chi connectivity index (χ2n) is 3.88. The molecule has 6 nitrogen and oxygen atoms in total. The number of rotatable bonds is 4. The molecule has 0 aliphatic carbocycles. The number of piperidine rings is 1. The molecule has 3 atom stereocenters. The van der Waals surface area contributed by atoms with Gasteiger partial charge >= 0.3 is 0 Å². The first-order valence-electron chi connectivity index (χ1n) is 5.24. The second-order valence-corrected chi connectivity index (χ2v) is 3.88. The van der Waals surface area contributed by atoms with Crippen LogP contribution in [0.3, 0.4) is 0 Å². The van der Waals surface area contributed by atoms with Crippen molar-refractivity contribution < 1.29 is 13.9 Å². The van der Waals surface area contributed by atoms with Gasteiger partial charge in [0.15, 0.2) is 0 Å². The number of hydrogen-bond acceptors (Lipinski definition) is 5. The van der Waals surface area contributed by atoms with Gasteiger partial charge in [0.25, 0.3) is 0 Å². The zero-order valence-electron chi connectivity index (χ0n) is 9.36. The van der Waals surface area contributed by atoms with Gasteiger partial charge in [-0.2, -0.15) is 0 Å². The Balaban J connectivity index is 2.47. The first-order chi connectivity index (χ1) is 7.60. The van der Waals surface area contributed by atoms with E-state index in [0.29, 0.717) is 13.0 Å². The van der Waals surface area contributed by atoms with Crippen molar-refractivity contribution in [3.63, 3.8) is 0 Å². The molecule has 1 saturated heterocycles. The number of halogens is 1. The Morgan fingerprint density at radius 3 is 2.94 bits per heavy atom. The number of hydrazine groups is 1. The number of nitrogens with one attached hydrogen (secondary N) is 1. The Morgan fingerprint density at radius 2 is 2.44 bits per heavy atom. The Kier molecular flexibility index (Phi) is 5.07. The van der Waals surface area contributed by atoms with Gasteiger partial charge in [-0.15, -0.1) is 0 Å². The quantitative estimate of drug-likeness (QED) is 0.401. The summed E-state index contributed by atoms with van der Waals surface area (Å²) in [6.07, 6.45) is -1.08. The molecule has 1 aliphatic heterocycles. The molecule has 0 aromatic carbocycles. The summed E-state index contributed by atoms with van der Waals surface area (Å²) >= 11 is 0. The van der Waals surface area contributed by atoms with Gasteiger partial charge in [0.2, 0.25) is 5.91 Å². The molecule has 0 bridgehead atoms. The summed E-state index contributed by atoms with van der Waals surface area (Å²) in [5.74, 6) is 4.79. The van der Waals surface area contributed by atoms with Crippen LogP contribution >= 0.6 is 0 Å². The third-order valence-corrected chi connectivity index (χ3v) is 2.75. The number of ether oxygens (including phenoxy) is 1. The molecule has 94 valence electrons. The van der Waals surface area contributed by atoms with Crippen molar-refractivity contribution in [2.45, 2.75) is 24.7 Å². The number of carbonyl (C=O) groups excluding carboxylic acids is 1. The van der Waals surface area contributed by atoms with Crippen molar-refractivity contribution in [2.75, 3.05) is 26.7 Å². The molecular weight excluding hydrogens is 215 g/mol. The molecule has 1 amide bonds. The number of methoxy groups -OCH3 is 1. The summed E-state index contributed by atoms with van der Waals surface area (Å²) in [5.41, 5.74) is 7.91. The fourth-order valence-corrected chi connectivity index (χ4v) is 1.80. The number of hydrogen-bond donors (Lipinski definition) is 3. The predicted molar refractivity (Wildman–Crippen MR) is 57.1 cm³/mol. The molecule has 1 unspecified atom stereocenters. The summed E-state index contributed by atoms with van der Waals surface area (Å²) in [6.45, 7) is 0.686. The number of nitrogens with two attached hydrogens (primary N) is 2. The SMILES string of the molecule is CO[C@H]1CCN(C(=O)C(N)CNN)C[C@H]1F. The molecule has 1 heterocycles. The van der Waals surface area contributed by atoms with Crippen molar-refractivity contribution in [2.24, 2.45) is 11.6 Å². The van der Waals surface area contributed by atoms with E-state index < -0.39 is 18.3 Å². The Hall–Kier alpha value is -0.760. The molecule has 1 rings (SSSR count). The first kappa shape index (κ1) is 13.3. The lowest BCUT2D eigenvalue weighted by Crippen LogP contribution is -2.55. The highest BCUT2D eigenvalue weighted by Gasteiger charge is 2.32. The smallest absolute Gasteiger partial charge is 0.240 e. The topological polar surface area (TPSA) is 93.6 Å². The van der Waals surface area contributed by atoms with Gasteiger partial charge in [0.1, 0.15) is 6.17 Å². The zero-order valence-corrected chi connectivity index (χ0v) is 9.36. The molecule has 0 radical (unpaired) electrons. The van der Waals surface area contributed by atoms with Gasteiger partial charge in [0, 0.05) is 20.2 Å². The normalized spacial score (nSPS) is 27.9. The summed E-state index contributed by atoms with van der Waals surface area (Å²) in [6, 6.07) is -0.726. The minimum absolute atomic E-state index is 0.0373. The molecule has 1 aliphatic rings. The summed E-state index contributed by atoms with van der Waals surface area (Å²) in [5, 5.41) is 0. The second kappa shape index (κ2) is 6.09. The number of likely N-dealkylation sites (tertiary alicyclic amines) is 1. The van der Waals surface area contributed by atoms with Gasteiger partial charge in [-0.3, -0.25) is 16.1 Å². The number of amides is 1. The third-order valence-electron chi connectivity index (χ3n) is 2.75. The van der Waals surface area contributed by atoms with Crippen LogP contribution in [0.2, 0.25) is 0 Å². The number of carbonyl (C=O) groups is 1. The Morgan fingerprint density at radius 1 is 1.75 bits per heavy atom. The number of alkyl halides is 1. The van der Waals surface area contributed by atoms with E-state index in [1.165, 1.54) is 12.0 Å². The van der Waals surface area contributed by atoms with Crippen LogP contribution in [-0.4, -0.2) is 55.9 Å². The highest BCUT2D eigenvalue weighted by atomic mass is 19.1. The van der Waals surface area contributed by atoms with Crippen LogP contribution in [0.15, 0.2) is 0 Å². The predicted octanol–water partition coefficient (Wildman–Crippen LogP) is -1.64. The van der Waals surface area contributed by atoms with E-state index >= 15 is 0 Å². The summed E-state index contributed by atoms with van der Waals surface area (Å²) in [4.78, 5) is 13.1. The summed E-state index contributed by atoms with van der Waals surface area (Å²) < 4.78 is 18.5. The van der Waals surface area contributed by atoms with E-state index in [9.17, 15) is 9.18 Å². The molecule has 16 heavy (non-hydrogen) atoms. The average molecular weight is 234 g/mol. The minimum atomic E-state index is -1.15. The first-order valence-corrected chi connectivity index (χ1v) is 5.24. The van der Waals surface area contributed by atoms with Crippen molar-refractivity contribution in [1.82, 2.24) is 10.3 Å².